The van der Waals surface area contributed by atoms with Gasteiger partial charge in [0.25, 0.3) is 5.91 Å². The Morgan fingerprint density at radius 1 is 1.08 bits per heavy atom. The quantitative estimate of drug-likeness (QED) is 0.530. The number of halogens is 2. The number of nitrogens with zero attached hydrogens (tertiary/aromatic N) is 1. The highest BCUT2D eigenvalue weighted by atomic mass is 35.5. The zero-order chi connectivity index (χ0) is 17.1. The molecule has 120 valence electrons. The summed E-state index contributed by atoms with van der Waals surface area (Å²) in [5.41, 5.74) is 3.14. The molecule has 2 N–H and O–H groups in total. The number of fused-ring (bicyclic) bond motifs is 1. The van der Waals surface area contributed by atoms with Crippen LogP contribution in [0.3, 0.4) is 0 Å². The molecule has 3 rings (SSSR count). The van der Waals surface area contributed by atoms with E-state index in [0.29, 0.717) is 16.0 Å². The minimum absolute atomic E-state index is 0.107. The highest BCUT2D eigenvalue weighted by Gasteiger charge is 2.10. The second kappa shape index (κ2) is 6.91. The Bertz CT molecular complexity index is 955. The van der Waals surface area contributed by atoms with Crippen molar-refractivity contribution in [3.8, 4) is 5.75 Å². The monoisotopic (exact) mass is 358 g/mol. The lowest BCUT2D eigenvalue weighted by molar-refractivity contribution is 0.0955. The van der Waals surface area contributed by atoms with E-state index in [1.54, 1.807) is 12.1 Å². The normalized spacial score (nSPS) is 11.1. The van der Waals surface area contributed by atoms with Gasteiger partial charge in [0, 0.05) is 16.0 Å². The molecule has 4 nitrogen and oxygen atoms in total. The Labute approximate surface area is 148 Å². The lowest BCUT2D eigenvalue weighted by atomic mass is 10.1. The first-order chi connectivity index (χ1) is 11.6. The summed E-state index contributed by atoms with van der Waals surface area (Å²) in [5.74, 6) is -0.358. The van der Waals surface area contributed by atoms with Crippen molar-refractivity contribution < 1.29 is 9.90 Å². The van der Waals surface area contributed by atoms with Crippen molar-refractivity contribution >= 4 is 46.1 Å². The molecule has 0 aliphatic heterocycles. The van der Waals surface area contributed by atoms with E-state index in [1.807, 2.05) is 30.3 Å². The fraction of sp³-hybridized carbons (Fsp3) is 0. The van der Waals surface area contributed by atoms with Gasteiger partial charge in [0.05, 0.1) is 16.8 Å². The minimum atomic E-state index is -0.465. The second-order valence-corrected chi connectivity index (χ2v) is 5.89. The summed E-state index contributed by atoms with van der Waals surface area (Å²) < 4.78 is 0. The maximum atomic E-state index is 12.0. The van der Waals surface area contributed by atoms with Gasteiger partial charge in [-0.15, -0.1) is 0 Å². The van der Waals surface area contributed by atoms with Crippen LogP contribution < -0.4 is 5.43 Å². The standard InChI is InChI=1S/C18H12Cl2N2O2/c19-13-7-8-15(16(20)9-13)18(24)22-21-10-12-6-5-11-3-1-2-4-14(11)17(12)23/h1-10,23H,(H,22,24)/b21-10+. The van der Waals surface area contributed by atoms with E-state index in [0.717, 1.165) is 5.39 Å². The van der Waals surface area contributed by atoms with Crippen LogP contribution in [-0.2, 0) is 0 Å². The summed E-state index contributed by atoms with van der Waals surface area (Å²) in [6, 6.07) is 15.6. The Balaban J connectivity index is 1.79. The molecule has 0 aliphatic carbocycles. The van der Waals surface area contributed by atoms with E-state index in [2.05, 4.69) is 10.5 Å². The summed E-state index contributed by atoms with van der Waals surface area (Å²) >= 11 is 11.8. The van der Waals surface area contributed by atoms with Gasteiger partial charge >= 0.3 is 0 Å². The van der Waals surface area contributed by atoms with Crippen molar-refractivity contribution in [3.05, 3.63) is 75.8 Å². The fourth-order valence-corrected chi connectivity index (χ4v) is 2.76. The molecular formula is C18H12Cl2N2O2. The van der Waals surface area contributed by atoms with Crippen LogP contribution in [0.1, 0.15) is 15.9 Å². The maximum Gasteiger partial charge on any atom is 0.272 e. The van der Waals surface area contributed by atoms with Crippen LogP contribution in [0.2, 0.25) is 10.0 Å². The average Bonchev–Trinajstić information content (AvgIpc) is 2.57. The zero-order valence-electron chi connectivity index (χ0n) is 12.3. The van der Waals surface area contributed by atoms with Crippen LogP contribution in [-0.4, -0.2) is 17.2 Å². The van der Waals surface area contributed by atoms with Crippen LogP contribution in [0.25, 0.3) is 10.8 Å². The van der Waals surface area contributed by atoms with Crippen molar-refractivity contribution in [2.45, 2.75) is 0 Å². The van der Waals surface area contributed by atoms with Gasteiger partial charge in [-0.3, -0.25) is 4.79 Å². The molecule has 0 radical (unpaired) electrons. The molecule has 0 aromatic heterocycles. The molecule has 0 heterocycles. The average molecular weight is 359 g/mol. The van der Waals surface area contributed by atoms with E-state index < -0.39 is 5.91 Å². The first-order valence-corrected chi connectivity index (χ1v) is 7.81. The van der Waals surface area contributed by atoms with Gasteiger partial charge in [-0.2, -0.15) is 5.10 Å². The molecule has 0 spiro atoms. The third-order valence-electron chi connectivity index (χ3n) is 3.48. The molecule has 3 aromatic rings. The topological polar surface area (TPSA) is 61.7 Å². The molecule has 0 bridgehead atoms. The molecule has 1 amide bonds. The number of hydrogen-bond acceptors (Lipinski definition) is 3. The summed E-state index contributed by atoms with van der Waals surface area (Å²) in [4.78, 5) is 12.0. The van der Waals surface area contributed by atoms with Crippen LogP contribution in [0.15, 0.2) is 59.7 Å². The van der Waals surface area contributed by atoms with E-state index in [9.17, 15) is 9.90 Å². The lowest BCUT2D eigenvalue weighted by Crippen LogP contribution is -2.18. The summed E-state index contributed by atoms with van der Waals surface area (Å²) in [6.07, 6.45) is 1.38. The van der Waals surface area contributed by atoms with E-state index in [4.69, 9.17) is 23.2 Å². The Kier molecular flexibility index (Phi) is 4.69. The van der Waals surface area contributed by atoms with Gasteiger partial charge in [0.1, 0.15) is 5.75 Å². The predicted molar refractivity (Wildman–Crippen MR) is 97.1 cm³/mol. The molecule has 3 aromatic carbocycles. The van der Waals surface area contributed by atoms with Crippen molar-refractivity contribution in [3.63, 3.8) is 0 Å². The summed E-state index contributed by atoms with van der Waals surface area (Å²) in [6.45, 7) is 0. The number of hydrazone groups is 1. The number of carbonyl (C=O) groups is 1. The Morgan fingerprint density at radius 2 is 1.88 bits per heavy atom. The van der Waals surface area contributed by atoms with Crippen molar-refractivity contribution in [1.82, 2.24) is 5.43 Å². The number of amides is 1. The van der Waals surface area contributed by atoms with Gasteiger partial charge in [0.2, 0.25) is 0 Å². The molecule has 24 heavy (non-hydrogen) atoms. The van der Waals surface area contributed by atoms with E-state index >= 15 is 0 Å². The first-order valence-electron chi connectivity index (χ1n) is 7.05. The first kappa shape index (κ1) is 16.3. The second-order valence-electron chi connectivity index (χ2n) is 5.05. The number of phenolic OH excluding ortho intramolecular Hbond substituents is 1. The highest BCUT2D eigenvalue weighted by Crippen LogP contribution is 2.27. The number of aromatic hydroxyl groups is 1. The van der Waals surface area contributed by atoms with Crippen molar-refractivity contribution in [2.75, 3.05) is 0 Å². The van der Waals surface area contributed by atoms with Crippen molar-refractivity contribution in [2.24, 2.45) is 5.10 Å². The molecular weight excluding hydrogens is 347 g/mol. The molecule has 0 fully saturated rings. The van der Waals surface area contributed by atoms with Gasteiger partial charge in [-0.25, -0.2) is 5.43 Å². The van der Waals surface area contributed by atoms with Crippen LogP contribution in [0.4, 0.5) is 0 Å². The number of benzene rings is 3. The summed E-state index contributed by atoms with van der Waals surface area (Å²) in [5, 5.41) is 16.5. The zero-order valence-corrected chi connectivity index (χ0v) is 13.8. The largest absolute Gasteiger partial charge is 0.507 e. The minimum Gasteiger partial charge on any atom is -0.507 e. The van der Waals surface area contributed by atoms with E-state index in [1.165, 1.54) is 18.3 Å². The highest BCUT2D eigenvalue weighted by molar-refractivity contribution is 6.36. The van der Waals surface area contributed by atoms with Gasteiger partial charge in [0.15, 0.2) is 0 Å². The Morgan fingerprint density at radius 3 is 2.67 bits per heavy atom. The number of carbonyl (C=O) groups excluding carboxylic acids is 1. The smallest absolute Gasteiger partial charge is 0.272 e. The number of rotatable bonds is 3. The lowest BCUT2D eigenvalue weighted by Gasteiger charge is -2.05. The van der Waals surface area contributed by atoms with Gasteiger partial charge in [-0.05, 0) is 29.7 Å². The van der Waals surface area contributed by atoms with E-state index in [-0.39, 0.29) is 16.3 Å². The molecule has 6 heteroatoms. The van der Waals surface area contributed by atoms with Crippen LogP contribution >= 0.6 is 23.2 Å². The third kappa shape index (κ3) is 3.35. The predicted octanol–water partition coefficient (Wildman–Crippen LogP) is 4.62. The SMILES string of the molecule is O=C(N/N=C/c1ccc2ccccc2c1O)c1ccc(Cl)cc1Cl. The maximum absolute atomic E-state index is 12.0. The van der Waals surface area contributed by atoms with Crippen LogP contribution in [0, 0.1) is 0 Å². The number of hydrogen-bond donors (Lipinski definition) is 2. The van der Waals surface area contributed by atoms with Gasteiger partial charge in [-0.1, -0.05) is 53.5 Å². The van der Waals surface area contributed by atoms with Gasteiger partial charge < -0.3 is 5.11 Å². The molecule has 0 aliphatic rings. The number of phenols is 1. The molecule has 0 atom stereocenters. The third-order valence-corrected chi connectivity index (χ3v) is 4.03. The molecule has 0 unspecified atom stereocenters. The summed E-state index contributed by atoms with van der Waals surface area (Å²) in [7, 11) is 0. The van der Waals surface area contributed by atoms with Crippen LogP contribution in [0.5, 0.6) is 5.75 Å². The number of nitrogens with one attached hydrogen (secondary N) is 1. The fourth-order valence-electron chi connectivity index (χ4n) is 2.27. The molecule has 0 saturated carbocycles. The van der Waals surface area contributed by atoms with Crippen molar-refractivity contribution in [1.29, 1.82) is 0 Å². The molecule has 0 saturated heterocycles. The Hall–Kier alpha value is -2.56.